The van der Waals surface area contributed by atoms with E-state index in [2.05, 4.69) is 22.2 Å². The number of aromatic nitrogens is 3. The lowest BCUT2D eigenvalue weighted by Crippen LogP contribution is -1.99. The summed E-state index contributed by atoms with van der Waals surface area (Å²) in [5, 5.41) is 4.37. The molecule has 0 unspecified atom stereocenters. The molecule has 104 valence electrons. The second kappa shape index (κ2) is 5.71. The predicted octanol–water partition coefficient (Wildman–Crippen LogP) is 3.20. The average molecular weight is 277 g/mol. The third-order valence-corrected chi connectivity index (χ3v) is 3.30. The van der Waals surface area contributed by atoms with Gasteiger partial charge in [0.15, 0.2) is 5.78 Å². The molecule has 0 aliphatic carbocycles. The molecule has 0 spiro atoms. The molecular weight excluding hydrogens is 262 g/mol. The van der Waals surface area contributed by atoms with Crippen molar-refractivity contribution in [3.05, 3.63) is 72.3 Å². The number of benzene rings is 1. The van der Waals surface area contributed by atoms with Crippen LogP contribution in [0.25, 0.3) is 11.1 Å². The zero-order valence-electron chi connectivity index (χ0n) is 11.7. The Hall–Kier alpha value is -2.75. The first-order valence-electron chi connectivity index (χ1n) is 6.75. The molecule has 1 aromatic carbocycles. The van der Waals surface area contributed by atoms with Crippen LogP contribution in [-0.4, -0.2) is 20.5 Å². The Kier molecular flexibility index (Phi) is 3.60. The van der Waals surface area contributed by atoms with Crippen LogP contribution in [0.2, 0.25) is 0 Å². The van der Waals surface area contributed by atoms with Crippen molar-refractivity contribution in [2.75, 3.05) is 0 Å². The highest BCUT2D eigenvalue weighted by Crippen LogP contribution is 2.19. The van der Waals surface area contributed by atoms with Crippen LogP contribution in [0.3, 0.4) is 0 Å². The first-order valence-corrected chi connectivity index (χ1v) is 6.75. The number of nitrogens with zero attached hydrogens (tertiary/aromatic N) is 3. The molecule has 3 aromatic rings. The molecule has 21 heavy (non-hydrogen) atoms. The molecule has 0 atom stereocenters. The van der Waals surface area contributed by atoms with Crippen LogP contribution in [0.15, 0.2) is 61.2 Å². The summed E-state index contributed by atoms with van der Waals surface area (Å²) in [7, 11) is 0. The summed E-state index contributed by atoms with van der Waals surface area (Å²) in [6.07, 6.45) is 7.09. The van der Waals surface area contributed by atoms with Crippen molar-refractivity contribution in [2.24, 2.45) is 0 Å². The van der Waals surface area contributed by atoms with Gasteiger partial charge in [0, 0.05) is 35.3 Å². The molecule has 0 radical (unpaired) electrons. The minimum Gasteiger partial charge on any atom is -0.294 e. The molecule has 0 aliphatic rings. The lowest BCUT2D eigenvalue weighted by molar-refractivity contribution is 0.101. The Bertz CT molecular complexity index is 762. The van der Waals surface area contributed by atoms with Gasteiger partial charge in [0.25, 0.3) is 0 Å². The van der Waals surface area contributed by atoms with Crippen LogP contribution in [0.5, 0.6) is 0 Å². The Balaban J connectivity index is 1.85. The monoisotopic (exact) mass is 277 g/mol. The smallest absolute Gasteiger partial charge is 0.161 e. The van der Waals surface area contributed by atoms with E-state index in [-0.39, 0.29) is 5.78 Å². The number of hydrogen-bond acceptors (Lipinski definition) is 3. The van der Waals surface area contributed by atoms with Gasteiger partial charge >= 0.3 is 0 Å². The van der Waals surface area contributed by atoms with E-state index >= 15 is 0 Å². The van der Waals surface area contributed by atoms with Gasteiger partial charge in [-0.2, -0.15) is 5.10 Å². The van der Waals surface area contributed by atoms with E-state index in [0.29, 0.717) is 5.56 Å². The van der Waals surface area contributed by atoms with E-state index in [1.807, 2.05) is 35.1 Å². The van der Waals surface area contributed by atoms with Gasteiger partial charge in [0.2, 0.25) is 0 Å². The lowest BCUT2D eigenvalue weighted by atomic mass is 10.1. The summed E-state index contributed by atoms with van der Waals surface area (Å²) in [5.74, 6) is 0.0148. The molecule has 4 heteroatoms. The first kappa shape index (κ1) is 13.2. The van der Waals surface area contributed by atoms with Crippen LogP contribution in [0.4, 0.5) is 0 Å². The predicted molar refractivity (Wildman–Crippen MR) is 81.0 cm³/mol. The van der Waals surface area contributed by atoms with Crippen LogP contribution in [-0.2, 0) is 6.54 Å². The van der Waals surface area contributed by atoms with Gasteiger partial charge in [0.1, 0.15) is 0 Å². The maximum absolute atomic E-state index is 11.4. The SMILES string of the molecule is CC(=O)c1cncc(-c2cnn(Cc3ccccc3)c2)c1. The molecule has 0 saturated heterocycles. The van der Waals surface area contributed by atoms with Crippen molar-refractivity contribution in [1.82, 2.24) is 14.8 Å². The Morgan fingerprint density at radius 2 is 1.90 bits per heavy atom. The zero-order valence-corrected chi connectivity index (χ0v) is 11.7. The van der Waals surface area contributed by atoms with Crippen molar-refractivity contribution >= 4 is 5.78 Å². The molecule has 0 aliphatic heterocycles. The molecule has 0 saturated carbocycles. The van der Waals surface area contributed by atoms with Crippen LogP contribution in [0, 0.1) is 0 Å². The van der Waals surface area contributed by atoms with E-state index in [1.165, 1.54) is 5.56 Å². The number of pyridine rings is 1. The Morgan fingerprint density at radius 1 is 1.10 bits per heavy atom. The fourth-order valence-electron chi connectivity index (χ4n) is 2.16. The maximum Gasteiger partial charge on any atom is 0.161 e. The van der Waals surface area contributed by atoms with Gasteiger partial charge in [-0.1, -0.05) is 30.3 Å². The first-order chi connectivity index (χ1) is 10.2. The number of hydrogen-bond donors (Lipinski definition) is 0. The summed E-state index contributed by atoms with van der Waals surface area (Å²) < 4.78 is 1.88. The highest BCUT2D eigenvalue weighted by atomic mass is 16.1. The molecule has 2 heterocycles. The summed E-state index contributed by atoms with van der Waals surface area (Å²) >= 11 is 0. The van der Waals surface area contributed by atoms with Gasteiger partial charge < -0.3 is 0 Å². The van der Waals surface area contributed by atoms with Gasteiger partial charge in [-0.3, -0.25) is 14.5 Å². The average Bonchev–Trinajstić information content (AvgIpc) is 2.97. The van der Waals surface area contributed by atoms with Crippen molar-refractivity contribution < 1.29 is 4.79 Å². The van der Waals surface area contributed by atoms with Crippen LogP contribution < -0.4 is 0 Å². The van der Waals surface area contributed by atoms with Crippen molar-refractivity contribution in [3.8, 4) is 11.1 Å². The number of carbonyl (C=O) groups excluding carboxylic acids is 1. The number of carbonyl (C=O) groups is 1. The van der Waals surface area contributed by atoms with Crippen LogP contribution in [0.1, 0.15) is 22.8 Å². The maximum atomic E-state index is 11.4. The molecule has 0 amide bonds. The summed E-state index contributed by atoms with van der Waals surface area (Å²) in [6.45, 7) is 2.26. The van der Waals surface area contributed by atoms with Crippen molar-refractivity contribution in [3.63, 3.8) is 0 Å². The van der Waals surface area contributed by atoms with Crippen molar-refractivity contribution in [1.29, 1.82) is 0 Å². The number of ketones is 1. The minimum absolute atomic E-state index is 0.0148. The normalized spacial score (nSPS) is 10.5. The highest BCUT2D eigenvalue weighted by Gasteiger charge is 2.06. The van der Waals surface area contributed by atoms with Gasteiger partial charge in [-0.25, -0.2) is 0 Å². The van der Waals surface area contributed by atoms with Gasteiger partial charge in [0.05, 0.1) is 12.7 Å². The molecule has 2 aromatic heterocycles. The standard InChI is InChI=1S/C17H15N3O/c1-13(21)15-7-16(9-18-8-15)17-10-19-20(12-17)11-14-5-3-2-4-6-14/h2-10,12H,11H2,1H3. The van der Waals surface area contributed by atoms with E-state index in [4.69, 9.17) is 0 Å². The van der Waals surface area contributed by atoms with Crippen molar-refractivity contribution in [2.45, 2.75) is 13.5 Å². The van der Waals surface area contributed by atoms with Gasteiger partial charge in [-0.05, 0) is 18.6 Å². The zero-order chi connectivity index (χ0) is 14.7. The second-order valence-corrected chi connectivity index (χ2v) is 4.93. The Labute approximate surface area is 123 Å². The topological polar surface area (TPSA) is 47.8 Å². The number of rotatable bonds is 4. The van der Waals surface area contributed by atoms with E-state index < -0.39 is 0 Å². The molecule has 0 fully saturated rings. The molecular formula is C17H15N3O. The molecule has 0 N–H and O–H groups in total. The Morgan fingerprint density at radius 3 is 2.67 bits per heavy atom. The highest BCUT2D eigenvalue weighted by molar-refractivity contribution is 5.94. The van der Waals surface area contributed by atoms with E-state index in [9.17, 15) is 4.79 Å². The van der Waals surface area contributed by atoms with E-state index in [0.717, 1.165) is 17.7 Å². The summed E-state index contributed by atoms with van der Waals surface area (Å²) in [6, 6.07) is 12.0. The van der Waals surface area contributed by atoms with Crippen LogP contribution >= 0.6 is 0 Å². The molecule has 0 bridgehead atoms. The van der Waals surface area contributed by atoms with E-state index in [1.54, 1.807) is 25.5 Å². The van der Waals surface area contributed by atoms with Gasteiger partial charge in [-0.15, -0.1) is 0 Å². The third-order valence-electron chi connectivity index (χ3n) is 3.30. The summed E-state index contributed by atoms with van der Waals surface area (Å²) in [5.41, 5.74) is 3.68. The fraction of sp³-hybridized carbons (Fsp3) is 0.118. The minimum atomic E-state index is 0.0148. The summed E-state index contributed by atoms with van der Waals surface area (Å²) in [4.78, 5) is 15.5. The molecule has 4 nitrogen and oxygen atoms in total. The lowest BCUT2D eigenvalue weighted by Gasteiger charge is -2.01. The number of Topliss-reactive ketones (excluding diaryl/α,β-unsaturated/α-hetero) is 1. The largest absolute Gasteiger partial charge is 0.294 e. The third kappa shape index (κ3) is 3.05. The molecule has 3 rings (SSSR count). The quantitative estimate of drug-likeness (QED) is 0.688. The second-order valence-electron chi connectivity index (χ2n) is 4.93. The fourth-order valence-corrected chi connectivity index (χ4v) is 2.16.